The summed E-state index contributed by atoms with van der Waals surface area (Å²) >= 11 is 6.43. The molecule has 5 rings (SSSR count). The average Bonchev–Trinajstić information content (AvgIpc) is 3.62. The van der Waals surface area contributed by atoms with Crippen molar-refractivity contribution in [1.82, 2.24) is 14.9 Å². The maximum absolute atomic E-state index is 15.0. The molecule has 2 heterocycles. The summed E-state index contributed by atoms with van der Waals surface area (Å²) in [6.07, 6.45) is -2.51. The Labute approximate surface area is 217 Å². The van der Waals surface area contributed by atoms with E-state index < -0.39 is 17.5 Å². The van der Waals surface area contributed by atoms with Crippen molar-refractivity contribution in [1.29, 1.82) is 0 Å². The molecule has 5 nitrogen and oxygen atoms in total. The van der Waals surface area contributed by atoms with Gasteiger partial charge in [0.15, 0.2) is 0 Å². The summed E-state index contributed by atoms with van der Waals surface area (Å²) in [5.41, 5.74) is 1.04. The van der Waals surface area contributed by atoms with Crippen LogP contribution < -0.4 is 10.2 Å². The molecule has 3 aromatic rings. The smallest absolute Gasteiger partial charge is 0.369 e. The van der Waals surface area contributed by atoms with Gasteiger partial charge in [-0.1, -0.05) is 30.7 Å². The predicted octanol–water partition coefficient (Wildman–Crippen LogP) is 6.15. The Morgan fingerprint density at radius 2 is 1.89 bits per heavy atom. The highest BCUT2D eigenvalue weighted by Gasteiger charge is 2.68. The number of fused-ring (bicyclic) bond motifs is 1. The summed E-state index contributed by atoms with van der Waals surface area (Å²) in [4.78, 5) is 18.9. The molecule has 198 valence electrons. The molecular formula is C27H29ClF4N4O. The van der Waals surface area contributed by atoms with Crippen LogP contribution in [-0.2, 0) is 24.8 Å². The zero-order valence-corrected chi connectivity index (χ0v) is 21.5. The van der Waals surface area contributed by atoms with E-state index in [1.807, 2.05) is 17.7 Å². The number of alkyl halides is 3. The number of benzene rings is 2. The third-order valence-electron chi connectivity index (χ3n) is 7.81. The van der Waals surface area contributed by atoms with Gasteiger partial charge >= 0.3 is 6.18 Å². The molecule has 1 aliphatic heterocycles. The Hall–Kier alpha value is -2.81. The fraction of sp³-hybridized carbons (Fsp3) is 0.481. The summed E-state index contributed by atoms with van der Waals surface area (Å²) in [7, 11) is 1.87. The maximum Gasteiger partial charge on any atom is 0.403 e. The van der Waals surface area contributed by atoms with Crippen LogP contribution in [0, 0.1) is 17.2 Å². The molecule has 0 atom stereocenters. The number of hydrogen-bond acceptors (Lipinski definition) is 3. The first kappa shape index (κ1) is 25.8. The van der Waals surface area contributed by atoms with E-state index in [4.69, 9.17) is 11.6 Å². The molecule has 1 amide bonds. The molecule has 1 aromatic heterocycles. The highest BCUT2D eigenvalue weighted by atomic mass is 35.5. The number of halogens is 5. The Balaban J connectivity index is 1.34. The van der Waals surface area contributed by atoms with Crippen molar-refractivity contribution in [2.75, 3.05) is 18.0 Å². The number of nitrogens with one attached hydrogen (secondary N) is 1. The molecule has 2 aromatic carbocycles. The number of anilines is 1. The number of imidazole rings is 1. The molecule has 0 spiro atoms. The van der Waals surface area contributed by atoms with Gasteiger partial charge in [-0.3, -0.25) is 4.79 Å². The third-order valence-corrected chi connectivity index (χ3v) is 8.17. The van der Waals surface area contributed by atoms with E-state index >= 15 is 0 Å². The number of rotatable bonds is 6. The predicted molar refractivity (Wildman–Crippen MR) is 135 cm³/mol. The van der Waals surface area contributed by atoms with Crippen molar-refractivity contribution in [3.63, 3.8) is 0 Å². The van der Waals surface area contributed by atoms with E-state index in [-0.39, 0.29) is 25.2 Å². The van der Waals surface area contributed by atoms with Crippen LogP contribution in [0.1, 0.15) is 49.6 Å². The SMILES string of the molecule is CC1CCN(c2cc3c(cc2F)nc(Cc2cc(CNC(=O)C4(C(F)(F)F)CC4)ccc2Cl)n3C)CC1. The first-order valence-corrected chi connectivity index (χ1v) is 12.9. The van der Waals surface area contributed by atoms with E-state index in [2.05, 4.69) is 22.1 Å². The number of carbonyl (C=O) groups excluding carboxylic acids is 1. The number of hydrogen-bond donors (Lipinski definition) is 1. The highest BCUT2D eigenvalue weighted by molar-refractivity contribution is 6.31. The maximum atomic E-state index is 15.0. The fourth-order valence-electron chi connectivity index (χ4n) is 5.06. The summed E-state index contributed by atoms with van der Waals surface area (Å²) in [6, 6.07) is 8.41. The molecule has 10 heteroatoms. The van der Waals surface area contributed by atoms with E-state index in [1.54, 1.807) is 18.2 Å². The Morgan fingerprint density at radius 3 is 2.54 bits per heavy atom. The first-order valence-electron chi connectivity index (χ1n) is 12.5. The van der Waals surface area contributed by atoms with Crippen LogP contribution in [-0.4, -0.2) is 34.7 Å². The van der Waals surface area contributed by atoms with Crippen LogP contribution in [0.5, 0.6) is 0 Å². The van der Waals surface area contributed by atoms with Gasteiger partial charge in [0, 0.05) is 44.2 Å². The molecule has 0 radical (unpaired) electrons. The number of carbonyl (C=O) groups is 1. The molecule has 1 saturated carbocycles. The van der Waals surface area contributed by atoms with Crippen molar-refractivity contribution >= 4 is 34.2 Å². The van der Waals surface area contributed by atoms with Crippen LogP contribution in [0.2, 0.25) is 5.02 Å². The van der Waals surface area contributed by atoms with Gasteiger partial charge in [-0.05, 0) is 54.9 Å². The lowest BCUT2D eigenvalue weighted by Crippen LogP contribution is -2.40. The summed E-state index contributed by atoms with van der Waals surface area (Å²) < 4.78 is 56.5. The lowest BCUT2D eigenvalue weighted by Gasteiger charge is -2.32. The largest absolute Gasteiger partial charge is 0.403 e. The van der Waals surface area contributed by atoms with Gasteiger partial charge in [-0.15, -0.1) is 0 Å². The van der Waals surface area contributed by atoms with Crippen molar-refractivity contribution in [3.05, 3.63) is 58.1 Å². The number of aryl methyl sites for hydroxylation is 1. The minimum absolute atomic E-state index is 0.0353. The average molecular weight is 537 g/mol. The number of amides is 1. The van der Waals surface area contributed by atoms with Crippen LogP contribution >= 0.6 is 11.6 Å². The van der Waals surface area contributed by atoms with Gasteiger partial charge in [0.05, 0.1) is 16.7 Å². The molecule has 1 aliphatic carbocycles. The number of nitrogens with zero attached hydrogens (tertiary/aromatic N) is 3. The lowest BCUT2D eigenvalue weighted by atomic mass is 9.99. The first-order chi connectivity index (χ1) is 17.5. The van der Waals surface area contributed by atoms with Crippen molar-refractivity contribution in [3.8, 4) is 0 Å². The zero-order valence-electron chi connectivity index (χ0n) is 20.8. The topological polar surface area (TPSA) is 50.2 Å². The number of piperidine rings is 1. The van der Waals surface area contributed by atoms with Crippen molar-refractivity contribution in [2.24, 2.45) is 18.4 Å². The quantitative estimate of drug-likeness (QED) is 0.384. The Bertz CT molecular complexity index is 1340. The highest BCUT2D eigenvalue weighted by Crippen LogP contribution is 2.57. The van der Waals surface area contributed by atoms with Crippen LogP contribution in [0.3, 0.4) is 0 Å². The summed E-state index contributed by atoms with van der Waals surface area (Å²) in [5, 5.41) is 2.91. The van der Waals surface area contributed by atoms with Gasteiger partial charge < -0.3 is 14.8 Å². The Morgan fingerprint density at radius 1 is 1.19 bits per heavy atom. The van der Waals surface area contributed by atoms with Crippen LogP contribution in [0.15, 0.2) is 30.3 Å². The standard InChI is InChI=1S/C27H29ClF4N4O/c1-16-5-9-36(10-6-16)22-14-23-21(13-20(22)29)34-24(35(23)2)12-18-11-17(3-4-19(18)28)15-33-25(37)26(7-8-26)27(30,31)32/h3-4,11,13-14,16H,5-10,12,15H2,1-2H3,(H,33,37). The zero-order chi connectivity index (χ0) is 26.5. The van der Waals surface area contributed by atoms with Gasteiger partial charge in [0.1, 0.15) is 17.1 Å². The van der Waals surface area contributed by atoms with Crippen LogP contribution in [0.4, 0.5) is 23.2 Å². The van der Waals surface area contributed by atoms with Crippen LogP contribution in [0.25, 0.3) is 11.0 Å². The normalized spacial score (nSPS) is 17.9. The second kappa shape index (κ2) is 9.49. The monoisotopic (exact) mass is 536 g/mol. The number of aromatic nitrogens is 2. The van der Waals surface area contributed by atoms with E-state index in [1.165, 1.54) is 6.07 Å². The van der Waals surface area contributed by atoms with Gasteiger partial charge in [0.25, 0.3) is 0 Å². The van der Waals surface area contributed by atoms with E-state index in [9.17, 15) is 22.4 Å². The van der Waals surface area contributed by atoms with Crippen molar-refractivity contribution in [2.45, 2.75) is 51.7 Å². The van der Waals surface area contributed by atoms with Crippen molar-refractivity contribution < 1.29 is 22.4 Å². The van der Waals surface area contributed by atoms with Gasteiger partial charge in [-0.25, -0.2) is 9.37 Å². The molecule has 2 fully saturated rings. The molecule has 1 N–H and O–H groups in total. The molecule has 37 heavy (non-hydrogen) atoms. The minimum atomic E-state index is -4.55. The molecular weight excluding hydrogens is 508 g/mol. The minimum Gasteiger partial charge on any atom is -0.369 e. The Kier molecular flexibility index (Phi) is 6.63. The second-order valence-electron chi connectivity index (χ2n) is 10.4. The summed E-state index contributed by atoms with van der Waals surface area (Å²) in [6.45, 7) is 3.81. The molecule has 1 saturated heterocycles. The van der Waals surface area contributed by atoms with E-state index in [0.717, 1.165) is 37.0 Å². The van der Waals surface area contributed by atoms with Gasteiger partial charge in [-0.2, -0.15) is 13.2 Å². The molecule has 0 unspecified atom stereocenters. The molecule has 0 bridgehead atoms. The van der Waals surface area contributed by atoms with Gasteiger partial charge in [0.2, 0.25) is 5.91 Å². The molecule has 2 aliphatic rings. The fourth-order valence-corrected chi connectivity index (χ4v) is 5.25. The second-order valence-corrected chi connectivity index (χ2v) is 10.8. The third kappa shape index (κ3) is 4.90. The van der Waals surface area contributed by atoms with E-state index in [0.29, 0.717) is 40.0 Å². The lowest BCUT2D eigenvalue weighted by molar-refractivity contribution is -0.192. The summed E-state index contributed by atoms with van der Waals surface area (Å²) in [5.74, 6) is 0.0261.